The van der Waals surface area contributed by atoms with Gasteiger partial charge in [-0.05, 0) is 44.9 Å². The molecular formula is C21H22F3N3O4. The normalized spacial score (nSPS) is 16.8. The summed E-state index contributed by atoms with van der Waals surface area (Å²) in [5, 5.41) is 4.08. The van der Waals surface area contributed by atoms with E-state index < -0.39 is 40.7 Å². The topological polar surface area (TPSA) is 81.5 Å². The van der Waals surface area contributed by atoms with E-state index in [9.17, 15) is 27.6 Å². The van der Waals surface area contributed by atoms with E-state index in [0.29, 0.717) is 19.4 Å². The van der Waals surface area contributed by atoms with Crippen LogP contribution in [0.3, 0.4) is 0 Å². The van der Waals surface area contributed by atoms with Gasteiger partial charge in [-0.2, -0.15) is 18.3 Å². The highest BCUT2D eigenvalue weighted by molar-refractivity contribution is 5.92. The Morgan fingerprint density at radius 2 is 2.00 bits per heavy atom. The Morgan fingerprint density at radius 1 is 1.26 bits per heavy atom. The molecule has 7 nitrogen and oxygen atoms in total. The molecule has 1 amide bonds. The van der Waals surface area contributed by atoms with Crippen molar-refractivity contribution in [3.8, 4) is 5.69 Å². The number of carbonyl (C=O) groups is 2. The molecule has 1 aromatic heterocycles. The van der Waals surface area contributed by atoms with Gasteiger partial charge in [0.1, 0.15) is 0 Å². The number of halogens is 3. The maximum atomic E-state index is 13.1. The summed E-state index contributed by atoms with van der Waals surface area (Å²) in [4.78, 5) is 38.8. The van der Waals surface area contributed by atoms with Gasteiger partial charge in [-0.15, -0.1) is 0 Å². The average Bonchev–Trinajstić information content (AvgIpc) is 2.73. The molecule has 3 rings (SSSR count). The first kappa shape index (κ1) is 22.5. The summed E-state index contributed by atoms with van der Waals surface area (Å²) in [6.07, 6.45) is -3.42. The van der Waals surface area contributed by atoms with E-state index in [4.69, 9.17) is 4.74 Å². The Hall–Kier alpha value is -3.17. The summed E-state index contributed by atoms with van der Waals surface area (Å²) in [5.74, 6) is -1.56. The number of ether oxygens (including phenoxy) is 1. The molecule has 1 aliphatic heterocycles. The average molecular weight is 437 g/mol. The highest BCUT2D eigenvalue weighted by Crippen LogP contribution is 2.30. The largest absolute Gasteiger partial charge is 0.466 e. The van der Waals surface area contributed by atoms with Crippen molar-refractivity contribution in [1.82, 2.24) is 14.7 Å². The summed E-state index contributed by atoms with van der Waals surface area (Å²) in [6.45, 7) is 3.87. The van der Waals surface area contributed by atoms with Gasteiger partial charge in [0.25, 0.3) is 5.91 Å². The summed E-state index contributed by atoms with van der Waals surface area (Å²) in [7, 11) is 0. The fourth-order valence-electron chi connectivity index (χ4n) is 3.53. The SMILES string of the molecule is CCOC(=O)C1CCCN(C(=O)c2nn(-c3cccc(C(F)(F)F)c3)c(C)cc2=O)C1. The van der Waals surface area contributed by atoms with Crippen molar-refractivity contribution in [3.63, 3.8) is 0 Å². The van der Waals surface area contributed by atoms with Crippen LogP contribution in [-0.4, -0.2) is 46.3 Å². The van der Waals surface area contributed by atoms with E-state index in [0.717, 1.165) is 22.9 Å². The molecule has 2 aromatic rings. The zero-order chi connectivity index (χ0) is 22.8. The molecule has 10 heteroatoms. The molecule has 166 valence electrons. The quantitative estimate of drug-likeness (QED) is 0.687. The zero-order valence-electron chi connectivity index (χ0n) is 17.1. The van der Waals surface area contributed by atoms with Crippen molar-refractivity contribution in [1.29, 1.82) is 0 Å². The number of benzene rings is 1. The lowest BCUT2D eigenvalue weighted by Gasteiger charge is -2.31. The van der Waals surface area contributed by atoms with Gasteiger partial charge in [-0.25, -0.2) is 4.68 Å². The van der Waals surface area contributed by atoms with Crippen LogP contribution in [0, 0.1) is 12.8 Å². The predicted molar refractivity (Wildman–Crippen MR) is 105 cm³/mol. The van der Waals surface area contributed by atoms with E-state index >= 15 is 0 Å². The monoisotopic (exact) mass is 437 g/mol. The second-order valence-corrected chi connectivity index (χ2v) is 7.30. The number of hydrogen-bond donors (Lipinski definition) is 0. The fraction of sp³-hybridized carbons (Fsp3) is 0.429. The molecule has 1 unspecified atom stereocenters. The maximum Gasteiger partial charge on any atom is 0.416 e. The van der Waals surface area contributed by atoms with E-state index in [1.54, 1.807) is 6.92 Å². The number of nitrogens with zero attached hydrogens (tertiary/aromatic N) is 3. The van der Waals surface area contributed by atoms with Gasteiger partial charge in [0.15, 0.2) is 5.69 Å². The number of likely N-dealkylation sites (tertiary alicyclic amines) is 1. The van der Waals surface area contributed by atoms with Crippen LogP contribution in [0.5, 0.6) is 0 Å². The predicted octanol–water partition coefficient (Wildman–Crippen LogP) is 2.98. The van der Waals surface area contributed by atoms with Crippen molar-refractivity contribution >= 4 is 11.9 Å². The Balaban J connectivity index is 1.94. The highest BCUT2D eigenvalue weighted by Gasteiger charge is 2.32. The van der Waals surface area contributed by atoms with E-state index in [-0.39, 0.29) is 24.5 Å². The summed E-state index contributed by atoms with van der Waals surface area (Å²) in [6, 6.07) is 5.62. The van der Waals surface area contributed by atoms with Gasteiger partial charge < -0.3 is 9.64 Å². The minimum absolute atomic E-state index is 0.0735. The van der Waals surface area contributed by atoms with E-state index in [1.165, 1.54) is 24.0 Å². The van der Waals surface area contributed by atoms with Crippen molar-refractivity contribution in [2.45, 2.75) is 32.9 Å². The Morgan fingerprint density at radius 3 is 2.68 bits per heavy atom. The first-order chi connectivity index (χ1) is 14.6. The third-order valence-electron chi connectivity index (χ3n) is 5.06. The molecule has 0 bridgehead atoms. The van der Waals surface area contributed by atoms with E-state index in [1.807, 2.05) is 0 Å². The highest BCUT2D eigenvalue weighted by atomic mass is 19.4. The van der Waals surface area contributed by atoms with Gasteiger partial charge in [0.2, 0.25) is 5.43 Å². The molecule has 0 spiro atoms. The third kappa shape index (κ3) is 4.95. The van der Waals surface area contributed by atoms with Crippen LogP contribution in [-0.2, 0) is 15.7 Å². The van der Waals surface area contributed by atoms with Crippen LogP contribution >= 0.6 is 0 Å². The van der Waals surface area contributed by atoms with Crippen LogP contribution in [0.2, 0.25) is 0 Å². The van der Waals surface area contributed by atoms with Gasteiger partial charge in [0, 0.05) is 24.8 Å². The van der Waals surface area contributed by atoms with Crippen molar-refractivity contribution in [2.75, 3.05) is 19.7 Å². The number of aromatic nitrogens is 2. The summed E-state index contributed by atoms with van der Waals surface area (Å²) in [5.41, 5.74) is -1.56. The second-order valence-electron chi connectivity index (χ2n) is 7.30. The minimum Gasteiger partial charge on any atom is -0.466 e. The Labute approximate surface area is 176 Å². The second kappa shape index (κ2) is 8.91. The molecule has 1 saturated heterocycles. The lowest BCUT2D eigenvalue weighted by atomic mass is 9.98. The number of rotatable bonds is 4. The third-order valence-corrected chi connectivity index (χ3v) is 5.06. The van der Waals surface area contributed by atoms with Crippen LogP contribution in [0.15, 0.2) is 35.1 Å². The first-order valence-electron chi connectivity index (χ1n) is 9.86. The van der Waals surface area contributed by atoms with Crippen LogP contribution in [0.4, 0.5) is 13.2 Å². The molecule has 0 saturated carbocycles. The lowest BCUT2D eigenvalue weighted by Crippen LogP contribution is -2.44. The van der Waals surface area contributed by atoms with Crippen molar-refractivity contribution in [3.05, 3.63) is 57.5 Å². The Bertz CT molecular complexity index is 1050. The molecule has 31 heavy (non-hydrogen) atoms. The molecule has 1 aromatic carbocycles. The van der Waals surface area contributed by atoms with Gasteiger partial charge >= 0.3 is 12.1 Å². The summed E-state index contributed by atoms with van der Waals surface area (Å²) >= 11 is 0. The van der Waals surface area contributed by atoms with Crippen LogP contribution in [0.25, 0.3) is 5.69 Å². The van der Waals surface area contributed by atoms with Gasteiger partial charge in [-0.1, -0.05) is 6.07 Å². The number of esters is 1. The molecule has 1 aliphatic rings. The molecule has 1 fully saturated rings. The number of amides is 1. The first-order valence-corrected chi connectivity index (χ1v) is 9.86. The number of aryl methyl sites for hydroxylation is 1. The zero-order valence-corrected chi connectivity index (χ0v) is 17.1. The summed E-state index contributed by atoms with van der Waals surface area (Å²) < 4.78 is 45.4. The van der Waals surface area contributed by atoms with Crippen molar-refractivity contribution in [2.24, 2.45) is 5.92 Å². The minimum atomic E-state index is -4.54. The van der Waals surface area contributed by atoms with Crippen LogP contribution in [0.1, 0.15) is 41.5 Å². The molecule has 2 heterocycles. The van der Waals surface area contributed by atoms with Crippen molar-refractivity contribution < 1.29 is 27.5 Å². The lowest BCUT2D eigenvalue weighted by molar-refractivity contribution is -0.149. The number of carbonyl (C=O) groups excluding carboxylic acids is 2. The molecule has 0 radical (unpaired) electrons. The standard InChI is InChI=1S/C21H22F3N3O4/c1-3-31-20(30)14-6-5-9-26(12-14)19(29)18-17(28)10-13(2)27(25-18)16-8-4-7-15(11-16)21(22,23)24/h4,7-8,10-11,14H,3,5-6,9,12H2,1-2H3. The van der Waals surface area contributed by atoms with Crippen LogP contribution < -0.4 is 5.43 Å². The smallest absolute Gasteiger partial charge is 0.416 e. The number of alkyl halides is 3. The molecule has 0 N–H and O–H groups in total. The molecule has 0 aliphatic carbocycles. The Kier molecular flexibility index (Phi) is 6.47. The van der Waals surface area contributed by atoms with Gasteiger partial charge in [-0.3, -0.25) is 14.4 Å². The maximum absolute atomic E-state index is 13.1. The van der Waals surface area contributed by atoms with Gasteiger partial charge in [0.05, 0.1) is 23.8 Å². The van der Waals surface area contributed by atoms with E-state index in [2.05, 4.69) is 5.10 Å². The number of hydrogen-bond acceptors (Lipinski definition) is 5. The molecular weight excluding hydrogens is 415 g/mol. The fourth-order valence-corrected chi connectivity index (χ4v) is 3.53. The molecule has 1 atom stereocenters. The number of piperidine rings is 1.